The van der Waals surface area contributed by atoms with Gasteiger partial charge in [-0.3, -0.25) is 0 Å². The molecule has 0 aromatic carbocycles. The van der Waals surface area contributed by atoms with Gasteiger partial charge >= 0.3 is 18.0 Å². The van der Waals surface area contributed by atoms with E-state index in [-0.39, 0.29) is 19.1 Å². The topological polar surface area (TPSA) is 90.9 Å². The maximum absolute atomic E-state index is 11.3. The number of carbonyl (C=O) groups is 3. The lowest BCUT2D eigenvalue weighted by molar-refractivity contribution is -0.139. The molecule has 0 bridgehead atoms. The van der Waals surface area contributed by atoms with Crippen molar-refractivity contribution >= 4 is 18.0 Å². The van der Waals surface area contributed by atoms with Gasteiger partial charge in [0.25, 0.3) is 0 Å². The minimum atomic E-state index is -0.545. The zero-order chi connectivity index (χ0) is 18.4. The lowest BCUT2D eigenvalue weighted by Crippen LogP contribution is -2.29. The Hall–Kier alpha value is -2.31. The van der Waals surface area contributed by atoms with Crippen LogP contribution in [0.5, 0.6) is 0 Å². The number of nitrogens with one attached hydrogen (secondary N) is 1. The summed E-state index contributed by atoms with van der Waals surface area (Å²) in [5.74, 6) is -0.858. The van der Waals surface area contributed by atoms with E-state index in [0.29, 0.717) is 24.4 Å². The number of alkyl carbamates (subject to hydrolysis) is 1. The summed E-state index contributed by atoms with van der Waals surface area (Å²) in [4.78, 5) is 33.5. The molecule has 0 aliphatic heterocycles. The first-order valence-corrected chi connectivity index (χ1v) is 7.90. The van der Waals surface area contributed by atoms with Crippen LogP contribution in [0.4, 0.5) is 4.79 Å². The van der Waals surface area contributed by atoms with E-state index in [1.54, 1.807) is 13.8 Å². The average Bonchev–Trinajstić information content (AvgIpc) is 2.53. The molecule has 0 saturated heterocycles. The highest BCUT2D eigenvalue weighted by Gasteiger charge is 2.05. The summed E-state index contributed by atoms with van der Waals surface area (Å²) in [6.45, 7) is 11.0. The van der Waals surface area contributed by atoms with Crippen LogP contribution in [0.15, 0.2) is 24.3 Å². The minimum Gasteiger partial charge on any atom is -0.462 e. The summed E-state index contributed by atoms with van der Waals surface area (Å²) < 4.78 is 14.7. The number of rotatable bonds is 12. The molecule has 0 rings (SSSR count). The van der Waals surface area contributed by atoms with Crippen LogP contribution in [0.2, 0.25) is 0 Å². The van der Waals surface area contributed by atoms with Crippen molar-refractivity contribution in [2.24, 2.45) is 0 Å². The van der Waals surface area contributed by atoms with Crippen LogP contribution < -0.4 is 5.32 Å². The average molecular weight is 341 g/mol. The highest BCUT2D eigenvalue weighted by atomic mass is 16.6. The highest BCUT2D eigenvalue weighted by Crippen LogP contribution is 2.02. The standard InChI is InChI=1S/C17H27NO6/c1-13(2)15(19)22-10-7-5-6-8-11-24-17(21)18-9-12-23-16(20)14(3)4/h1,3,5-12H2,2,4H3,(H,18,21). The molecule has 24 heavy (non-hydrogen) atoms. The van der Waals surface area contributed by atoms with Crippen molar-refractivity contribution in [2.45, 2.75) is 39.5 Å². The van der Waals surface area contributed by atoms with Gasteiger partial charge in [-0.1, -0.05) is 13.2 Å². The van der Waals surface area contributed by atoms with E-state index in [1.165, 1.54) is 0 Å². The summed E-state index contributed by atoms with van der Waals surface area (Å²) in [6, 6.07) is 0. The molecular weight excluding hydrogens is 314 g/mol. The van der Waals surface area contributed by atoms with Gasteiger partial charge in [-0.15, -0.1) is 0 Å². The van der Waals surface area contributed by atoms with Crippen LogP contribution in [-0.2, 0) is 23.8 Å². The van der Waals surface area contributed by atoms with Gasteiger partial charge in [-0.2, -0.15) is 0 Å². The SMILES string of the molecule is C=C(C)C(=O)OCCCCCCOC(=O)NCCOC(=O)C(=C)C. The van der Waals surface area contributed by atoms with Crippen molar-refractivity contribution in [3.63, 3.8) is 0 Å². The zero-order valence-electron chi connectivity index (χ0n) is 14.5. The van der Waals surface area contributed by atoms with E-state index in [2.05, 4.69) is 18.5 Å². The van der Waals surface area contributed by atoms with Crippen molar-refractivity contribution in [2.75, 3.05) is 26.4 Å². The van der Waals surface area contributed by atoms with E-state index in [0.717, 1.165) is 25.7 Å². The second kappa shape index (κ2) is 13.2. The summed E-state index contributed by atoms with van der Waals surface area (Å²) in [7, 11) is 0. The predicted molar refractivity (Wildman–Crippen MR) is 89.4 cm³/mol. The number of ether oxygens (including phenoxy) is 3. The summed E-state index contributed by atoms with van der Waals surface area (Å²) in [5.41, 5.74) is 0.704. The number of unbranched alkanes of at least 4 members (excludes halogenated alkanes) is 3. The van der Waals surface area contributed by atoms with Gasteiger partial charge in [0.1, 0.15) is 6.61 Å². The monoisotopic (exact) mass is 341 g/mol. The van der Waals surface area contributed by atoms with Crippen molar-refractivity contribution in [1.82, 2.24) is 5.32 Å². The van der Waals surface area contributed by atoms with Gasteiger partial charge in [0.05, 0.1) is 19.8 Å². The predicted octanol–water partition coefficient (Wildman–Crippen LogP) is 2.51. The lowest BCUT2D eigenvalue weighted by atomic mass is 10.2. The lowest BCUT2D eigenvalue weighted by Gasteiger charge is -2.08. The smallest absolute Gasteiger partial charge is 0.407 e. The van der Waals surface area contributed by atoms with E-state index in [4.69, 9.17) is 14.2 Å². The molecule has 0 spiro atoms. The Bertz CT molecular complexity index is 458. The van der Waals surface area contributed by atoms with E-state index in [9.17, 15) is 14.4 Å². The maximum Gasteiger partial charge on any atom is 0.407 e. The number of esters is 2. The highest BCUT2D eigenvalue weighted by molar-refractivity contribution is 5.87. The van der Waals surface area contributed by atoms with Gasteiger partial charge < -0.3 is 19.5 Å². The summed E-state index contributed by atoms with van der Waals surface area (Å²) in [6.07, 6.45) is 2.70. The quantitative estimate of drug-likeness (QED) is 0.254. The molecule has 0 unspecified atom stereocenters. The first-order chi connectivity index (χ1) is 11.3. The molecule has 0 fully saturated rings. The summed E-state index contributed by atoms with van der Waals surface area (Å²) >= 11 is 0. The third-order valence-electron chi connectivity index (χ3n) is 2.81. The molecule has 7 nitrogen and oxygen atoms in total. The fourth-order valence-electron chi connectivity index (χ4n) is 1.48. The number of carbonyl (C=O) groups excluding carboxylic acids is 3. The Balaban J connectivity index is 3.40. The molecule has 0 radical (unpaired) electrons. The molecule has 1 amide bonds. The van der Waals surface area contributed by atoms with Crippen molar-refractivity contribution < 1.29 is 28.6 Å². The van der Waals surface area contributed by atoms with Gasteiger partial charge in [0.2, 0.25) is 0 Å². The number of hydrogen-bond donors (Lipinski definition) is 1. The second-order valence-corrected chi connectivity index (χ2v) is 5.31. The Morgan fingerprint density at radius 1 is 0.750 bits per heavy atom. The maximum atomic E-state index is 11.3. The number of hydrogen-bond acceptors (Lipinski definition) is 6. The molecule has 1 N–H and O–H groups in total. The second-order valence-electron chi connectivity index (χ2n) is 5.31. The van der Waals surface area contributed by atoms with Gasteiger partial charge in [-0.25, -0.2) is 14.4 Å². The largest absolute Gasteiger partial charge is 0.462 e. The Labute approximate surface area is 143 Å². The van der Waals surface area contributed by atoms with Crippen LogP contribution in [-0.4, -0.2) is 44.4 Å². The van der Waals surface area contributed by atoms with Crippen molar-refractivity contribution in [1.29, 1.82) is 0 Å². The van der Waals surface area contributed by atoms with Crippen LogP contribution >= 0.6 is 0 Å². The fourth-order valence-corrected chi connectivity index (χ4v) is 1.48. The number of amides is 1. The minimum absolute atomic E-state index is 0.0731. The van der Waals surface area contributed by atoms with E-state index >= 15 is 0 Å². The Morgan fingerprint density at radius 3 is 1.71 bits per heavy atom. The van der Waals surface area contributed by atoms with E-state index < -0.39 is 12.1 Å². The van der Waals surface area contributed by atoms with E-state index in [1.807, 2.05) is 0 Å². The first kappa shape index (κ1) is 21.7. The zero-order valence-corrected chi connectivity index (χ0v) is 14.5. The van der Waals surface area contributed by atoms with Crippen LogP contribution in [0.1, 0.15) is 39.5 Å². The van der Waals surface area contributed by atoms with Crippen LogP contribution in [0.3, 0.4) is 0 Å². The van der Waals surface area contributed by atoms with Crippen LogP contribution in [0.25, 0.3) is 0 Å². The van der Waals surface area contributed by atoms with Crippen LogP contribution in [0, 0.1) is 0 Å². The molecule has 0 heterocycles. The molecule has 0 saturated carbocycles. The first-order valence-electron chi connectivity index (χ1n) is 7.90. The van der Waals surface area contributed by atoms with Crippen molar-refractivity contribution in [3.05, 3.63) is 24.3 Å². The summed E-state index contributed by atoms with van der Waals surface area (Å²) in [5, 5.41) is 2.48. The molecule has 0 aromatic heterocycles. The normalized spacial score (nSPS) is 9.75. The molecule has 0 aliphatic rings. The molecule has 0 aliphatic carbocycles. The van der Waals surface area contributed by atoms with Gasteiger partial charge in [-0.05, 0) is 39.5 Å². The molecule has 0 aromatic rings. The Morgan fingerprint density at radius 2 is 1.21 bits per heavy atom. The molecule has 7 heteroatoms. The molecule has 0 atom stereocenters. The van der Waals surface area contributed by atoms with Crippen molar-refractivity contribution in [3.8, 4) is 0 Å². The fraction of sp³-hybridized carbons (Fsp3) is 0.588. The third kappa shape index (κ3) is 12.3. The van der Waals surface area contributed by atoms with Gasteiger partial charge in [0.15, 0.2) is 0 Å². The molecule has 136 valence electrons. The third-order valence-corrected chi connectivity index (χ3v) is 2.81. The Kier molecular flexibility index (Phi) is 11.9. The molecular formula is C17H27NO6. The van der Waals surface area contributed by atoms with Gasteiger partial charge in [0, 0.05) is 11.1 Å².